The molecule has 0 saturated heterocycles. The minimum atomic E-state index is 0.196. The van der Waals surface area contributed by atoms with Crippen LogP contribution in [0.2, 0.25) is 0 Å². The topological polar surface area (TPSA) is 52.0 Å². The maximum Gasteiger partial charge on any atom is 0.119 e. The molecule has 3 aromatic rings. The first kappa shape index (κ1) is 16.1. The Morgan fingerprint density at radius 1 is 1.20 bits per heavy atom. The summed E-state index contributed by atoms with van der Waals surface area (Å²) in [6, 6.07) is 14.7. The van der Waals surface area contributed by atoms with Crippen LogP contribution in [0, 0.1) is 6.92 Å². The van der Waals surface area contributed by atoms with E-state index in [0.717, 1.165) is 40.3 Å². The van der Waals surface area contributed by atoms with Crippen molar-refractivity contribution in [3.8, 4) is 17.0 Å². The lowest BCUT2D eigenvalue weighted by Crippen LogP contribution is -2.12. The van der Waals surface area contributed by atoms with Crippen LogP contribution in [0.25, 0.3) is 11.3 Å². The summed E-state index contributed by atoms with van der Waals surface area (Å²) in [4.78, 5) is 0. The molecule has 1 N–H and O–H groups in total. The van der Waals surface area contributed by atoms with Gasteiger partial charge in [-0.15, -0.1) is 5.10 Å². The van der Waals surface area contributed by atoms with E-state index in [-0.39, 0.29) is 6.04 Å². The summed E-state index contributed by atoms with van der Waals surface area (Å²) in [6.45, 7) is 2.85. The number of hydrogen-bond donors (Lipinski definition) is 1. The molecule has 6 heteroatoms. The number of hydrogen-bond acceptors (Lipinski definition) is 4. The van der Waals surface area contributed by atoms with Crippen molar-refractivity contribution >= 4 is 21.6 Å². The minimum absolute atomic E-state index is 0.196. The molecule has 1 aliphatic rings. The first-order chi connectivity index (χ1) is 12.2. The number of aromatic nitrogens is 3. The summed E-state index contributed by atoms with van der Waals surface area (Å²) < 4.78 is 8.33. The number of anilines is 1. The highest BCUT2D eigenvalue weighted by Gasteiger charge is 2.25. The van der Waals surface area contributed by atoms with Crippen LogP contribution in [0.15, 0.2) is 46.9 Å². The van der Waals surface area contributed by atoms with Gasteiger partial charge in [0.15, 0.2) is 0 Å². The summed E-state index contributed by atoms with van der Waals surface area (Å²) in [6.07, 6.45) is 0.936. The number of aryl methyl sites for hydroxylation is 2. The van der Waals surface area contributed by atoms with Gasteiger partial charge in [-0.2, -0.15) is 0 Å². The smallest absolute Gasteiger partial charge is 0.119 e. The number of ether oxygens (including phenoxy) is 1. The Hall–Kier alpha value is -2.34. The van der Waals surface area contributed by atoms with Crippen molar-refractivity contribution in [2.75, 3.05) is 12.4 Å². The van der Waals surface area contributed by atoms with Gasteiger partial charge in [0.25, 0.3) is 0 Å². The number of halogens is 1. The number of nitrogens with one attached hydrogen (secondary N) is 1. The molecule has 2 heterocycles. The van der Waals surface area contributed by atoms with E-state index >= 15 is 0 Å². The van der Waals surface area contributed by atoms with Crippen molar-refractivity contribution in [3.05, 3.63) is 58.2 Å². The number of fused-ring (bicyclic) bond motifs is 3. The van der Waals surface area contributed by atoms with Crippen molar-refractivity contribution in [1.82, 2.24) is 15.0 Å². The van der Waals surface area contributed by atoms with Gasteiger partial charge in [-0.25, -0.2) is 4.68 Å². The molecule has 128 valence electrons. The molecule has 25 heavy (non-hydrogen) atoms. The predicted octanol–water partition coefficient (Wildman–Crippen LogP) is 4.58. The third-order valence-electron chi connectivity index (χ3n) is 4.61. The van der Waals surface area contributed by atoms with Crippen LogP contribution in [-0.2, 0) is 6.54 Å². The molecule has 1 atom stereocenters. The summed E-state index contributed by atoms with van der Waals surface area (Å²) in [5.74, 6) is 0.858. The van der Waals surface area contributed by atoms with E-state index in [1.54, 1.807) is 7.11 Å². The van der Waals surface area contributed by atoms with E-state index in [4.69, 9.17) is 4.74 Å². The molecule has 2 aromatic carbocycles. The molecule has 0 bridgehead atoms. The number of benzene rings is 2. The first-order valence-electron chi connectivity index (χ1n) is 8.26. The van der Waals surface area contributed by atoms with Gasteiger partial charge in [-0.05, 0) is 55.3 Å². The number of nitrogens with zero attached hydrogens (tertiary/aromatic N) is 3. The highest BCUT2D eigenvalue weighted by atomic mass is 79.9. The Balaban J connectivity index is 1.74. The second-order valence-corrected chi connectivity index (χ2v) is 7.11. The van der Waals surface area contributed by atoms with Gasteiger partial charge in [0, 0.05) is 22.3 Å². The lowest BCUT2D eigenvalue weighted by atomic mass is 9.96. The molecule has 0 fully saturated rings. The number of methoxy groups -OCH3 is 1. The van der Waals surface area contributed by atoms with Gasteiger partial charge in [-0.3, -0.25) is 0 Å². The fourth-order valence-electron chi connectivity index (χ4n) is 3.37. The molecule has 0 spiro atoms. The van der Waals surface area contributed by atoms with Gasteiger partial charge in [0.2, 0.25) is 0 Å². The third-order valence-corrected chi connectivity index (χ3v) is 5.10. The molecule has 1 aliphatic heterocycles. The summed E-state index contributed by atoms with van der Waals surface area (Å²) in [5.41, 5.74) is 5.60. The van der Waals surface area contributed by atoms with Crippen LogP contribution < -0.4 is 10.1 Å². The zero-order chi connectivity index (χ0) is 17.4. The second kappa shape index (κ2) is 6.52. The molecular weight excluding hydrogens is 380 g/mol. The Kier molecular flexibility index (Phi) is 4.21. The average Bonchev–Trinajstić information content (AvgIpc) is 2.92. The largest absolute Gasteiger partial charge is 0.497 e. The molecule has 1 unspecified atom stereocenters. The zero-order valence-corrected chi connectivity index (χ0v) is 15.7. The highest BCUT2D eigenvalue weighted by Crippen LogP contribution is 2.38. The van der Waals surface area contributed by atoms with E-state index in [1.807, 2.05) is 35.9 Å². The molecule has 0 amide bonds. The zero-order valence-electron chi connectivity index (χ0n) is 14.2. The Bertz CT molecular complexity index is 904. The maximum absolute atomic E-state index is 5.24. The molecule has 0 radical (unpaired) electrons. The standard InChI is InChI=1S/C19H19BrN4O/c1-12-19-16-8-3-13(20)11-17(16)18(9-10-24(19)23-22-12)21-14-4-6-15(25-2)7-5-14/h3-8,11,18,21H,9-10H2,1-2H3. The van der Waals surface area contributed by atoms with Crippen LogP contribution in [-0.4, -0.2) is 22.1 Å². The Morgan fingerprint density at radius 2 is 2.00 bits per heavy atom. The van der Waals surface area contributed by atoms with Crippen molar-refractivity contribution in [1.29, 1.82) is 0 Å². The molecule has 0 saturated carbocycles. The first-order valence-corrected chi connectivity index (χ1v) is 9.05. The third kappa shape index (κ3) is 3.02. The van der Waals surface area contributed by atoms with Crippen LogP contribution in [0.5, 0.6) is 5.75 Å². The van der Waals surface area contributed by atoms with Gasteiger partial charge in [-0.1, -0.05) is 27.2 Å². The van der Waals surface area contributed by atoms with E-state index in [1.165, 1.54) is 11.1 Å². The summed E-state index contributed by atoms with van der Waals surface area (Å²) in [7, 11) is 1.68. The van der Waals surface area contributed by atoms with Gasteiger partial charge in [0.05, 0.1) is 24.5 Å². The highest BCUT2D eigenvalue weighted by molar-refractivity contribution is 9.10. The predicted molar refractivity (Wildman–Crippen MR) is 102 cm³/mol. The van der Waals surface area contributed by atoms with Gasteiger partial charge >= 0.3 is 0 Å². The van der Waals surface area contributed by atoms with E-state index in [0.29, 0.717) is 0 Å². The van der Waals surface area contributed by atoms with Crippen molar-refractivity contribution < 1.29 is 4.74 Å². The fourth-order valence-corrected chi connectivity index (χ4v) is 3.75. The second-order valence-electron chi connectivity index (χ2n) is 6.19. The van der Waals surface area contributed by atoms with E-state index in [9.17, 15) is 0 Å². The Morgan fingerprint density at radius 3 is 2.76 bits per heavy atom. The van der Waals surface area contributed by atoms with E-state index in [2.05, 4.69) is 49.8 Å². The quantitative estimate of drug-likeness (QED) is 0.701. The minimum Gasteiger partial charge on any atom is -0.497 e. The lowest BCUT2D eigenvalue weighted by molar-refractivity contribution is 0.415. The lowest BCUT2D eigenvalue weighted by Gasteiger charge is -2.21. The average molecular weight is 399 g/mol. The normalized spacial score (nSPS) is 15.9. The molecule has 0 aliphatic carbocycles. The van der Waals surface area contributed by atoms with Crippen LogP contribution in [0.4, 0.5) is 5.69 Å². The van der Waals surface area contributed by atoms with Crippen LogP contribution >= 0.6 is 15.9 Å². The molecule has 4 rings (SSSR count). The van der Waals surface area contributed by atoms with Crippen LogP contribution in [0.3, 0.4) is 0 Å². The monoisotopic (exact) mass is 398 g/mol. The van der Waals surface area contributed by atoms with E-state index < -0.39 is 0 Å². The molecule has 5 nitrogen and oxygen atoms in total. The Labute approximate surface area is 155 Å². The maximum atomic E-state index is 5.24. The summed E-state index contributed by atoms with van der Waals surface area (Å²) >= 11 is 3.61. The molecule has 1 aromatic heterocycles. The van der Waals surface area contributed by atoms with Crippen LogP contribution in [0.1, 0.15) is 23.7 Å². The van der Waals surface area contributed by atoms with Gasteiger partial charge in [0.1, 0.15) is 5.75 Å². The molecular formula is C19H19BrN4O. The fraction of sp³-hybridized carbons (Fsp3) is 0.263. The SMILES string of the molecule is COc1ccc(NC2CCn3nnc(C)c3-c3ccc(Br)cc32)cc1. The summed E-state index contributed by atoms with van der Waals surface area (Å²) in [5, 5.41) is 12.2. The van der Waals surface area contributed by atoms with Gasteiger partial charge < -0.3 is 10.1 Å². The van der Waals surface area contributed by atoms with Crippen molar-refractivity contribution in [2.24, 2.45) is 0 Å². The van der Waals surface area contributed by atoms with Crippen molar-refractivity contribution in [2.45, 2.75) is 25.9 Å². The number of rotatable bonds is 3. The van der Waals surface area contributed by atoms with Crippen molar-refractivity contribution in [3.63, 3.8) is 0 Å².